The molecule has 1 amide bonds. The Morgan fingerprint density at radius 2 is 2.12 bits per heavy atom. The fourth-order valence-corrected chi connectivity index (χ4v) is 1.14. The molecule has 1 aromatic carbocycles. The van der Waals surface area contributed by atoms with Gasteiger partial charge in [0, 0.05) is 19.2 Å². The summed E-state index contributed by atoms with van der Waals surface area (Å²) in [7, 11) is 1.62. The van der Waals surface area contributed by atoms with Crippen LogP contribution in [0.15, 0.2) is 30.3 Å². The van der Waals surface area contributed by atoms with Gasteiger partial charge in [-0.1, -0.05) is 12.1 Å². The molecule has 0 radical (unpaired) electrons. The third-order valence-corrected chi connectivity index (χ3v) is 1.99. The summed E-state index contributed by atoms with van der Waals surface area (Å²) in [5.74, 6) is 0.658. The van der Waals surface area contributed by atoms with Crippen molar-refractivity contribution in [2.45, 2.75) is 0 Å². The van der Waals surface area contributed by atoms with Crippen LogP contribution in [0.4, 0.5) is 0 Å². The monoisotopic (exact) mass is 220 g/mol. The summed E-state index contributed by atoms with van der Waals surface area (Å²) in [5.41, 5.74) is 6.21. The number of methoxy groups -OCH3 is 1. The molecule has 4 heteroatoms. The van der Waals surface area contributed by atoms with Gasteiger partial charge in [0.2, 0.25) is 5.91 Å². The van der Waals surface area contributed by atoms with Gasteiger partial charge < -0.3 is 15.8 Å². The first-order chi connectivity index (χ1) is 7.76. The quantitative estimate of drug-likeness (QED) is 0.721. The van der Waals surface area contributed by atoms with Gasteiger partial charge >= 0.3 is 0 Å². The summed E-state index contributed by atoms with van der Waals surface area (Å²) in [6, 6.07) is 7.45. The number of carbonyl (C=O) groups is 1. The van der Waals surface area contributed by atoms with Crippen LogP contribution in [0.1, 0.15) is 5.56 Å². The second-order valence-electron chi connectivity index (χ2n) is 3.19. The molecular weight excluding hydrogens is 204 g/mol. The Labute approximate surface area is 95.1 Å². The fourth-order valence-electron chi connectivity index (χ4n) is 1.14. The maximum Gasteiger partial charge on any atom is 0.244 e. The summed E-state index contributed by atoms with van der Waals surface area (Å²) < 4.78 is 5.03. The van der Waals surface area contributed by atoms with E-state index in [0.717, 1.165) is 11.3 Å². The minimum Gasteiger partial charge on any atom is -0.497 e. The highest BCUT2D eigenvalue weighted by Crippen LogP contribution is 2.11. The zero-order valence-electron chi connectivity index (χ0n) is 9.27. The number of nitrogens with two attached hydrogens (primary N) is 1. The largest absolute Gasteiger partial charge is 0.497 e. The van der Waals surface area contributed by atoms with Crippen LogP contribution in [-0.2, 0) is 4.79 Å². The van der Waals surface area contributed by atoms with Crippen molar-refractivity contribution in [3.05, 3.63) is 35.9 Å². The zero-order valence-corrected chi connectivity index (χ0v) is 9.27. The van der Waals surface area contributed by atoms with Crippen LogP contribution < -0.4 is 15.8 Å². The molecule has 0 aromatic heterocycles. The van der Waals surface area contributed by atoms with Crippen LogP contribution in [0.25, 0.3) is 6.08 Å². The van der Waals surface area contributed by atoms with Crippen molar-refractivity contribution in [1.82, 2.24) is 5.32 Å². The van der Waals surface area contributed by atoms with Crippen LogP contribution in [0.5, 0.6) is 5.75 Å². The highest BCUT2D eigenvalue weighted by atomic mass is 16.5. The number of nitrogens with one attached hydrogen (secondary N) is 1. The molecule has 0 aliphatic heterocycles. The van der Waals surface area contributed by atoms with Gasteiger partial charge in [-0.25, -0.2) is 0 Å². The highest BCUT2D eigenvalue weighted by Gasteiger charge is 1.93. The Morgan fingerprint density at radius 1 is 1.44 bits per heavy atom. The van der Waals surface area contributed by atoms with E-state index in [4.69, 9.17) is 10.5 Å². The van der Waals surface area contributed by atoms with Gasteiger partial charge in [0.05, 0.1) is 7.11 Å². The molecule has 0 unspecified atom stereocenters. The Kier molecular flexibility index (Phi) is 5.08. The van der Waals surface area contributed by atoms with Crippen molar-refractivity contribution in [2.24, 2.45) is 5.73 Å². The van der Waals surface area contributed by atoms with Crippen LogP contribution in [0, 0.1) is 0 Å². The van der Waals surface area contributed by atoms with Crippen molar-refractivity contribution in [3.63, 3.8) is 0 Å². The molecular formula is C12H16N2O2. The molecule has 1 aromatic rings. The number of hydrogen-bond donors (Lipinski definition) is 2. The van der Waals surface area contributed by atoms with E-state index in [1.165, 1.54) is 6.08 Å². The second kappa shape index (κ2) is 6.63. The first kappa shape index (κ1) is 12.3. The van der Waals surface area contributed by atoms with Crippen molar-refractivity contribution in [3.8, 4) is 5.75 Å². The van der Waals surface area contributed by atoms with Gasteiger partial charge in [-0.05, 0) is 23.8 Å². The SMILES string of the molecule is COc1ccc(/C=C/C(=O)NCCN)cc1. The van der Waals surface area contributed by atoms with Gasteiger partial charge in [0.25, 0.3) is 0 Å². The first-order valence-corrected chi connectivity index (χ1v) is 5.06. The van der Waals surface area contributed by atoms with Crippen molar-refractivity contribution in [2.75, 3.05) is 20.2 Å². The number of hydrogen-bond acceptors (Lipinski definition) is 3. The molecule has 16 heavy (non-hydrogen) atoms. The number of benzene rings is 1. The Morgan fingerprint density at radius 3 is 2.69 bits per heavy atom. The predicted octanol–water partition coefficient (Wildman–Crippen LogP) is 0.783. The lowest BCUT2D eigenvalue weighted by Gasteiger charge is -1.99. The minimum absolute atomic E-state index is 0.138. The third kappa shape index (κ3) is 4.14. The molecule has 0 spiro atoms. The normalized spacial score (nSPS) is 10.4. The molecule has 3 N–H and O–H groups in total. The first-order valence-electron chi connectivity index (χ1n) is 5.06. The van der Waals surface area contributed by atoms with Gasteiger partial charge in [-0.15, -0.1) is 0 Å². The molecule has 1 rings (SSSR count). The van der Waals surface area contributed by atoms with Gasteiger partial charge in [0.15, 0.2) is 0 Å². The van der Waals surface area contributed by atoms with E-state index in [9.17, 15) is 4.79 Å². The standard InChI is InChI=1S/C12H16N2O2/c1-16-11-5-2-10(3-6-11)4-7-12(15)14-9-8-13/h2-7H,8-9,13H2,1H3,(H,14,15)/b7-4+. The third-order valence-electron chi connectivity index (χ3n) is 1.99. The molecule has 0 aliphatic rings. The average Bonchev–Trinajstić information content (AvgIpc) is 2.34. The molecule has 4 nitrogen and oxygen atoms in total. The molecule has 0 heterocycles. The summed E-state index contributed by atoms with van der Waals surface area (Å²) in [4.78, 5) is 11.2. The molecule has 86 valence electrons. The highest BCUT2D eigenvalue weighted by molar-refractivity contribution is 5.91. The van der Waals surface area contributed by atoms with E-state index < -0.39 is 0 Å². The van der Waals surface area contributed by atoms with E-state index in [0.29, 0.717) is 13.1 Å². The van der Waals surface area contributed by atoms with E-state index in [-0.39, 0.29) is 5.91 Å². The van der Waals surface area contributed by atoms with Gasteiger partial charge in [-0.2, -0.15) is 0 Å². The van der Waals surface area contributed by atoms with Crippen molar-refractivity contribution >= 4 is 12.0 Å². The maximum atomic E-state index is 11.2. The molecule has 0 aliphatic carbocycles. The van der Waals surface area contributed by atoms with E-state index >= 15 is 0 Å². The van der Waals surface area contributed by atoms with Crippen molar-refractivity contribution < 1.29 is 9.53 Å². The molecule has 0 saturated carbocycles. The van der Waals surface area contributed by atoms with E-state index in [1.807, 2.05) is 24.3 Å². The Hall–Kier alpha value is -1.81. The topological polar surface area (TPSA) is 64.3 Å². The van der Waals surface area contributed by atoms with Crippen LogP contribution in [0.3, 0.4) is 0 Å². The summed E-state index contributed by atoms with van der Waals surface area (Å²) in [5, 5.41) is 2.65. The van der Waals surface area contributed by atoms with E-state index in [2.05, 4.69) is 5.32 Å². The number of amides is 1. The number of ether oxygens (including phenoxy) is 1. The molecule has 0 bridgehead atoms. The Bertz CT molecular complexity index is 358. The van der Waals surface area contributed by atoms with Crippen LogP contribution in [0.2, 0.25) is 0 Å². The lowest BCUT2D eigenvalue weighted by atomic mass is 10.2. The van der Waals surface area contributed by atoms with Crippen molar-refractivity contribution in [1.29, 1.82) is 0 Å². The average molecular weight is 220 g/mol. The summed E-state index contributed by atoms with van der Waals surface area (Å²) >= 11 is 0. The zero-order chi connectivity index (χ0) is 11.8. The van der Waals surface area contributed by atoms with Crippen LogP contribution in [-0.4, -0.2) is 26.1 Å². The minimum atomic E-state index is -0.138. The van der Waals surface area contributed by atoms with Gasteiger partial charge in [-0.3, -0.25) is 4.79 Å². The van der Waals surface area contributed by atoms with Gasteiger partial charge in [0.1, 0.15) is 5.75 Å². The second-order valence-corrected chi connectivity index (χ2v) is 3.19. The summed E-state index contributed by atoms with van der Waals surface area (Å²) in [6.07, 6.45) is 3.22. The Balaban J connectivity index is 2.52. The number of rotatable bonds is 5. The van der Waals surface area contributed by atoms with Crippen LogP contribution >= 0.6 is 0 Å². The predicted molar refractivity (Wildman–Crippen MR) is 64.1 cm³/mol. The maximum absolute atomic E-state index is 11.2. The molecule has 0 saturated heterocycles. The van der Waals surface area contributed by atoms with E-state index in [1.54, 1.807) is 13.2 Å². The smallest absolute Gasteiger partial charge is 0.244 e. The molecule has 0 atom stereocenters. The molecule has 0 fully saturated rings. The fraction of sp³-hybridized carbons (Fsp3) is 0.250. The summed E-state index contributed by atoms with van der Waals surface area (Å²) in [6.45, 7) is 0.938. The lowest BCUT2D eigenvalue weighted by molar-refractivity contribution is -0.116. The number of carbonyl (C=O) groups excluding carboxylic acids is 1. The lowest BCUT2D eigenvalue weighted by Crippen LogP contribution is -2.27.